The van der Waals surface area contributed by atoms with E-state index in [4.69, 9.17) is 14.9 Å². The van der Waals surface area contributed by atoms with E-state index >= 15 is 0 Å². The Hall–Kier alpha value is -5.21. The lowest BCUT2D eigenvalue weighted by Crippen LogP contribution is -2.34. The van der Waals surface area contributed by atoms with Gasteiger partial charge in [0, 0.05) is 50.7 Å². The van der Waals surface area contributed by atoms with E-state index in [1.54, 1.807) is 6.20 Å². The number of aromatic nitrogens is 3. The molecule has 0 spiro atoms. The standard InChI is InChI=1S/C34H34N6.C2HF3O2/c35-22-29-21-30(25-37-24-29)34-38-33-31(39-17-14-27(15-18-39)20-26-8-3-1-4-9-26)12-7-13-32(33)40(34)19-16-36-23-28-10-5-2-6-11-28;3-2(4,5)1(6)7/h1-13,21,24-25,27,36H,14-20,23H2;(H,6,7). The third kappa shape index (κ3) is 8.74. The highest BCUT2D eigenvalue weighted by atomic mass is 19.4. The van der Waals surface area contributed by atoms with Crippen molar-refractivity contribution in [1.29, 1.82) is 5.26 Å². The molecule has 11 heteroatoms. The van der Waals surface area contributed by atoms with Gasteiger partial charge in [0.15, 0.2) is 0 Å². The molecule has 8 nitrogen and oxygen atoms in total. The van der Waals surface area contributed by atoms with Crippen molar-refractivity contribution < 1.29 is 23.1 Å². The average molecular weight is 641 g/mol. The number of carboxylic acids is 1. The van der Waals surface area contributed by atoms with Gasteiger partial charge in [0.1, 0.15) is 17.4 Å². The molecule has 47 heavy (non-hydrogen) atoms. The quantitative estimate of drug-likeness (QED) is 0.170. The number of imidazole rings is 1. The van der Waals surface area contributed by atoms with Gasteiger partial charge in [0.05, 0.1) is 16.8 Å². The molecule has 0 amide bonds. The first kappa shape index (κ1) is 33.2. The molecular formula is C36H35F3N6O2. The number of aliphatic carboxylic acids is 1. The van der Waals surface area contributed by atoms with E-state index in [0.29, 0.717) is 11.5 Å². The van der Waals surface area contributed by atoms with Gasteiger partial charge in [-0.25, -0.2) is 9.78 Å². The summed E-state index contributed by atoms with van der Waals surface area (Å²) in [5.41, 5.74) is 7.43. The van der Waals surface area contributed by atoms with E-state index in [1.165, 1.54) is 29.7 Å². The highest BCUT2D eigenvalue weighted by Gasteiger charge is 2.38. The van der Waals surface area contributed by atoms with E-state index in [9.17, 15) is 18.4 Å². The van der Waals surface area contributed by atoms with Crippen molar-refractivity contribution in [3.8, 4) is 17.5 Å². The van der Waals surface area contributed by atoms with Crippen LogP contribution in [-0.4, -0.2) is 51.4 Å². The van der Waals surface area contributed by atoms with Crippen molar-refractivity contribution in [1.82, 2.24) is 19.9 Å². The molecule has 2 aromatic heterocycles. The summed E-state index contributed by atoms with van der Waals surface area (Å²) in [6.07, 6.45) is 1.83. The molecule has 0 atom stereocenters. The number of alkyl halides is 3. The van der Waals surface area contributed by atoms with Crippen LogP contribution in [0.5, 0.6) is 0 Å². The minimum atomic E-state index is -5.08. The Balaban J connectivity index is 0.000000559. The van der Waals surface area contributed by atoms with Gasteiger partial charge in [0.25, 0.3) is 0 Å². The largest absolute Gasteiger partial charge is 0.490 e. The third-order valence-electron chi connectivity index (χ3n) is 8.13. The molecule has 3 aromatic carbocycles. The van der Waals surface area contributed by atoms with Crippen LogP contribution in [0.15, 0.2) is 97.3 Å². The first-order chi connectivity index (χ1) is 22.7. The van der Waals surface area contributed by atoms with Crippen LogP contribution in [0.25, 0.3) is 22.4 Å². The number of nitrogens with zero attached hydrogens (tertiary/aromatic N) is 5. The van der Waals surface area contributed by atoms with Crippen molar-refractivity contribution in [2.24, 2.45) is 5.92 Å². The van der Waals surface area contributed by atoms with Gasteiger partial charge in [-0.15, -0.1) is 0 Å². The summed E-state index contributed by atoms with van der Waals surface area (Å²) in [5.74, 6) is -1.19. The predicted octanol–water partition coefficient (Wildman–Crippen LogP) is 6.85. The lowest BCUT2D eigenvalue weighted by molar-refractivity contribution is -0.192. The zero-order chi connectivity index (χ0) is 33.2. The van der Waals surface area contributed by atoms with Gasteiger partial charge in [0.2, 0.25) is 0 Å². The number of hydrogen-bond donors (Lipinski definition) is 2. The summed E-state index contributed by atoms with van der Waals surface area (Å²) in [5, 5.41) is 20.2. The minimum absolute atomic E-state index is 0.541. The highest BCUT2D eigenvalue weighted by Crippen LogP contribution is 2.34. The van der Waals surface area contributed by atoms with Crippen LogP contribution in [0.1, 0.15) is 29.5 Å². The summed E-state index contributed by atoms with van der Waals surface area (Å²) in [6, 6.07) is 31.9. The number of rotatable bonds is 9. The number of benzene rings is 3. The second kappa shape index (κ2) is 15.4. The molecule has 0 saturated carbocycles. The molecule has 1 fully saturated rings. The average Bonchev–Trinajstić information content (AvgIpc) is 3.46. The molecule has 0 bridgehead atoms. The molecule has 1 aliphatic rings. The first-order valence-electron chi connectivity index (χ1n) is 15.4. The van der Waals surface area contributed by atoms with Gasteiger partial charge in [-0.1, -0.05) is 66.7 Å². The number of piperidine rings is 1. The molecule has 2 N–H and O–H groups in total. The van der Waals surface area contributed by atoms with Crippen molar-refractivity contribution in [2.45, 2.75) is 38.5 Å². The van der Waals surface area contributed by atoms with Crippen LogP contribution in [0.4, 0.5) is 18.9 Å². The van der Waals surface area contributed by atoms with Crippen molar-refractivity contribution in [3.63, 3.8) is 0 Å². The van der Waals surface area contributed by atoms with Crippen LogP contribution in [-0.2, 0) is 24.3 Å². The topological polar surface area (TPSA) is 107 Å². The minimum Gasteiger partial charge on any atom is -0.475 e. The Kier molecular flexibility index (Phi) is 10.9. The Labute approximate surface area is 271 Å². The van der Waals surface area contributed by atoms with E-state index in [-0.39, 0.29) is 0 Å². The lowest BCUT2D eigenvalue weighted by atomic mass is 9.90. The summed E-state index contributed by atoms with van der Waals surface area (Å²) < 4.78 is 34.0. The Morgan fingerprint density at radius 1 is 0.957 bits per heavy atom. The number of nitriles is 1. The van der Waals surface area contributed by atoms with Crippen molar-refractivity contribution in [2.75, 3.05) is 24.5 Å². The first-order valence-corrected chi connectivity index (χ1v) is 15.4. The molecule has 1 saturated heterocycles. The highest BCUT2D eigenvalue weighted by molar-refractivity contribution is 5.92. The smallest absolute Gasteiger partial charge is 0.475 e. The van der Waals surface area contributed by atoms with Crippen LogP contribution >= 0.6 is 0 Å². The normalized spacial score (nSPS) is 13.5. The van der Waals surface area contributed by atoms with Gasteiger partial charge in [-0.3, -0.25) is 4.98 Å². The molecule has 0 unspecified atom stereocenters. The number of halogens is 3. The van der Waals surface area contributed by atoms with Gasteiger partial charge in [-0.05, 0) is 54.5 Å². The molecule has 0 radical (unpaired) electrons. The molecule has 6 rings (SSSR count). The number of para-hydroxylation sites is 1. The third-order valence-corrected chi connectivity index (χ3v) is 8.13. The molecular weight excluding hydrogens is 605 g/mol. The number of fused-ring (bicyclic) bond motifs is 1. The number of pyridine rings is 1. The monoisotopic (exact) mass is 640 g/mol. The fourth-order valence-corrected chi connectivity index (χ4v) is 5.80. The number of hydrogen-bond acceptors (Lipinski definition) is 6. The van der Waals surface area contributed by atoms with Crippen LogP contribution in [0.2, 0.25) is 0 Å². The summed E-state index contributed by atoms with van der Waals surface area (Å²) >= 11 is 0. The zero-order valence-corrected chi connectivity index (χ0v) is 25.7. The number of anilines is 1. The van der Waals surface area contributed by atoms with Crippen LogP contribution in [0.3, 0.4) is 0 Å². The molecule has 0 aliphatic carbocycles. The van der Waals surface area contributed by atoms with E-state index in [1.807, 2.05) is 18.3 Å². The molecule has 242 valence electrons. The summed E-state index contributed by atoms with van der Waals surface area (Å²) in [6.45, 7) is 4.44. The van der Waals surface area contributed by atoms with Gasteiger partial charge < -0.3 is 19.9 Å². The zero-order valence-electron chi connectivity index (χ0n) is 25.7. The molecule has 3 heterocycles. The molecule has 1 aliphatic heterocycles. The number of nitrogens with one attached hydrogen (secondary N) is 1. The SMILES string of the molecule is N#Cc1cncc(-c2nc3c(N4CCC(Cc5ccccc5)CC4)cccc3n2CCNCc2ccccc2)c1.O=C(O)C(F)(F)F. The van der Waals surface area contributed by atoms with Crippen molar-refractivity contribution >= 4 is 22.7 Å². The maximum absolute atomic E-state index is 10.6. The number of carbonyl (C=O) groups is 1. The maximum Gasteiger partial charge on any atom is 0.490 e. The van der Waals surface area contributed by atoms with Crippen LogP contribution in [0, 0.1) is 17.2 Å². The van der Waals surface area contributed by atoms with Gasteiger partial charge in [-0.2, -0.15) is 18.4 Å². The fourth-order valence-electron chi connectivity index (χ4n) is 5.80. The predicted molar refractivity (Wildman–Crippen MR) is 175 cm³/mol. The van der Waals surface area contributed by atoms with Gasteiger partial charge >= 0.3 is 12.1 Å². The van der Waals surface area contributed by atoms with Crippen LogP contribution < -0.4 is 10.2 Å². The second-order valence-electron chi connectivity index (χ2n) is 11.4. The second-order valence-corrected chi connectivity index (χ2v) is 11.4. The number of carboxylic acid groups (broad SMARTS) is 1. The Morgan fingerprint density at radius 2 is 1.62 bits per heavy atom. The van der Waals surface area contributed by atoms with E-state index in [0.717, 1.165) is 61.6 Å². The lowest BCUT2D eigenvalue weighted by Gasteiger charge is -2.33. The summed E-state index contributed by atoms with van der Waals surface area (Å²) in [7, 11) is 0. The molecule has 5 aromatic rings. The Bertz CT molecular complexity index is 1810. The van der Waals surface area contributed by atoms with Crippen molar-refractivity contribution in [3.05, 3.63) is 114 Å². The fraction of sp³-hybridized carbons (Fsp3) is 0.278. The summed E-state index contributed by atoms with van der Waals surface area (Å²) in [4.78, 5) is 20.9. The maximum atomic E-state index is 10.6. The van der Waals surface area contributed by atoms with E-state index < -0.39 is 12.1 Å². The Morgan fingerprint density at radius 3 is 2.26 bits per heavy atom. The van der Waals surface area contributed by atoms with E-state index in [2.05, 4.69) is 98.6 Å².